The third-order valence-corrected chi connectivity index (χ3v) is 4.07. The van der Waals surface area contributed by atoms with Crippen molar-refractivity contribution in [2.75, 3.05) is 18.4 Å². The minimum absolute atomic E-state index is 0.430. The van der Waals surface area contributed by atoms with Crippen molar-refractivity contribution in [2.45, 2.75) is 31.8 Å². The Morgan fingerprint density at radius 2 is 2.40 bits per heavy atom. The zero-order valence-electron chi connectivity index (χ0n) is 11.8. The smallest absolute Gasteiger partial charge is 0.142 e. The predicted molar refractivity (Wildman–Crippen MR) is 81.8 cm³/mol. The Morgan fingerprint density at radius 1 is 1.50 bits per heavy atom. The molecule has 0 unspecified atom stereocenters. The minimum Gasteiger partial charge on any atom is -0.365 e. The monoisotopic (exact) mass is 271 g/mol. The van der Waals surface area contributed by atoms with Crippen molar-refractivity contribution < 1.29 is 0 Å². The van der Waals surface area contributed by atoms with Crippen molar-refractivity contribution in [3.05, 3.63) is 31.2 Å². The molecule has 5 nitrogen and oxygen atoms in total. The van der Waals surface area contributed by atoms with Gasteiger partial charge in [-0.2, -0.15) is 0 Å². The maximum absolute atomic E-state index is 4.38. The molecular formula is C15H21N5. The number of hydrogen-bond acceptors (Lipinski definition) is 4. The quantitative estimate of drug-likeness (QED) is 0.838. The molecule has 2 atom stereocenters. The van der Waals surface area contributed by atoms with Crippen LogP contribution >= 0.6 is 0 Å². The first-order valence-electron chi connectivity index (χ1n) is 7.17. The number of piperidine rings is 1. The molecule has 0 bridgehead atoms. The summed E-state index contributed by atoms with van der Waals surface area (Å²) < 4.78 is 0. The lowest BCUT2D eigenvalue weighted by molar-refractivity contribution is 0.168. The van der Waals surface area contributed by atoms with Gasteiger partial charge in [0.25, 0.3) is 0 Å². The van der Waals surface area contributed by atoms with E-state index in [4.69, 9.17) is 0 Å². The second-order valence-corrected chi connectivity index (χ2v) is 5.47. The molecule has 20 heavy (non-hydrogen) atoms. The number of fused-ring (bicyclic) bond motifs is 1. The van der Waals surface area contributed by atoms with Gasteiger partial charge in [-0.15, -0.1) is 6.58 Å². The van der Waals surface area contributed by atoms with E-state index in [0.29, 0.717) is 12.1 Å². The van der Waals surface area contributed by atoms with Crippen LogP contribution in [0.5, 0.6) is 0 Å². The van der Waals surface area contributed by atoms with Crippen LogP contribution in [-0.4, -0.2) is 45.0 Å². The Hall–Kier alpha value is -1.88. The highest BCUT2D eigenvalue weighted by molar-refractivity contribution is 5.86. The van der Waals surface area contributed by atoms with Gasteiger partial charge in [0.05, 0.1) is 5.39 Å². The molecule has 0 aliphatic carbocycles. The van der Waals surface area contributed by atoms with Gasteiger partial charge >= 0.3 is 0 Å². The maximum Gasteiger partial charge on any atom is 0.142 e. The third kappa shape index (κ3) is 2.54. The molecule has 1 aliphatic heterocycles. The molecule has 0 amide bonds. The van der Waals surface area contributed by atoms with Gasteiger partial charge in [0.15, 0.2) is 0 Å². The summed E-state index contributed by atoms with van der Waals surface area (Å²) in [6, 6.07) is 3.08. The molecule has 3 heterocycles. The fourth-order valence-corrected chi connectivity index (χ4v) is 2.90. The average Bonchev–Trinajstić information content (AvgIpc) is 2.92. The second kappa shape index (κ2) is 5.63. The molecule has 2 aromatic rings. The highest BCUT2D eigenvalue weighted by atomic mass is 15.2. The lowest BCUT2D eigenvalue weighted by Gasteiger charge is -2.37. The van der Waals surface area contributed by atoms with E-state index in [1.165, 1.54) is 12.8 Å². The number of anilines is 1. The largest absolute Gasteiger partial charge is 0.365 e. The lowest BCUT2D eigenvalue weighted by Crippen LogP contribution is -2.46. The zero-order valence-corrected chi connectivity index (χ0v) is 11.8. The number of rotatable bonds is 4. The van der Waals surface area contributed by atoms with E-state index in [1.807, 2.05) is 18.3 Å². The summed E-state index contributed by atoms with van der Waals surface area (Å²) in [5, 5.41) is 4.63. The number of H-pyrrole nitrogens is 1. The molecule has 0 spiro atoms. The first-order chi connectivity index (χ1) is 9.78. The predicted octanol–water partition coefficient (Wildman–Crippen LogP) is 2.41. The molecule has 3 rings (SSSR count). The number of aromatic amines is 1. The van der Waals surface area contributed by atoms with E-state index in [9.17, 15) is 0 Å². The van der Waals surface area contributed by atoms with Gasteiger partial charge < -0.3 is 10.3 Å². The Morgan fingerprint density at radius 3 is 3.25 bits per heavy atom. The van der Waals surface area contributed by atoms with Crippen molar-refractivity contribution in [1.82, 2.24) is 19.9 Å². The number of aromatic nitrogens is 3. The van der Waals surface area contributed by atoms with E-state index in [1.54, 1.807) is 6.33 Å². The van der Waals surface area contributed by atoms with Crippen molar-refractivity contribution in [1.29, 1.82) is 0 Å². The summed E-state index contributed by atoms with van der Waals surface area (Å²) in [4.78, 5) is 14.2. The maximum atomic E-state index is 4.38. The van der Waals surface area contributed by atoms with Crippen LogP contribution in [-0.2, 0) is 0 Å². The Balaban J connectivity index is 1.74. The molecule has 1 aliphatic rings. The number of likely N-dealkylation sites (tertiary alicyclic amines) is 1. The van der Waals surface area contributed by atoms with Crippen molar-refractivity contribution in [2.24, 2.45) is 0 Å². The van der Waals surface area contributed by atoms with Gasteiger partial charge in [0.2, 0.25) is 0 Å². The fourth-order valence-electron chi connectivity index (χ4n) is 2.90. The fraction of sp³-hybridized carbons (Fsp3) is 0.467. The summed E-state index contributed by atoms with van der Waals surface area (Å²) in [5.74, 6) is 0.925. The molecule has 1 saturated heterocycles. The van der Waals surface area contributed by atoms with Crippen molar-refractivity contribution in [3.63, 3.8) is 0 Å². The normalized spacial score (nSPS) is 23.9. The summed E-state index contributed by atoms with van der Waals surface area (Å²) in [5.41, 5.74) is 0.884. The van der Waals surface area contributed by atoms with Crippen LogP contribution in [0.2, 0.25) is 0 Å². The zero-order chi connectivity index (χ0) is 13.9. The molecule has 2 aromatic heterocycles. The summed E-state index contributed by atoms with van der Waals surface area (Å²) >= 11 is 0. The van der Waals surface area contributed by atoms with E-state index in [-0.39, 0.29) is 0 Å². The third-order valence-electron chi connectivity index (χ3n) is 4.07. The van der Waals surface area contributed by atoms with Gasteiger partial charge in [-0.25, -0.2) is 9.97 Å². The lowest BCUT2D eigenvalue weighted by atomic mass is 9.99. The average molecular weight is 271 g/mol. The molecule has 1 fully saturated rings. The molecule has 5 heteroatoms. The molecule has 0 radical (unpaired) electrons. The van der Waals surface area contributed by atoms with Gasteiger partial charge in [-0.1, -0.05) is 6.08 Å². The summed E-state index contributed by atoms with van der Waals surface area (Å²) in [7, 11) is 0. The first-order valence-corrected chi connectivity index (χ1v) is 7.17. The number of nitrogens with zero attached hydrogens (tertiary/aromatic N) is 3. The van der Waals surface area contributed by atoms with Crippen LogP contribution in [0.3, 0.4) is 0 Å². The van der Waals surface area contributed by atoms with E-state index >= 15 is 0 Å². The van der Waals surface area contributed by atoms with Gasteiger partial charge in [-0.05, 0) is 25.8 Å². The Labute approximate surface area is 119 Å². The van der Waals surface area contributed by atoms with Gasteiger partial charge in [0, 0.05) is 31.4 Å². The van der Waals surface area contributed by atoms with E-state index in [0.717, 1.165) is 29.9 Å². The number of hydrogen-bond donors (Lipinski definition) is 2. The van der Waals surface area contributed by atoms with Crippen LogP contribution in [0.25, 0.3) is 11.0 Å². The van der Waals surface area contributed by atoms with Crippen LogP contribution in [0, 0.1) is 0 Å². The van der Waals surface area contributed by atoms with Crippen LogP contribution in [0.15, 0.2) is 31.2 Å². The van der Waals surface area contributed by atoms with Crippen molar-refractivity contribution >= 4 is 16.9 Å². The van der Waals surface area contributed by atoms with Crippen LogP contribution < -0.4 is 5.32 Å². The molecule has 2 N–H and O–H groups in total. The highest BCUT2D eigenvalue weighted by Crippen LogP contribution is 2.23. The summed E-state index contributed by atoms with van der Waals surface area (Å²) in [6.07, 6.45) is 7.86. The van der Waals surface area contributed by atoms with Crippen LogP contribution in [0.4, 0.5) is 5.82 Å². The van der Waals surface area contributed by atoms with E-state index < -0.39 is 0 Å². The van der Waals surface area contributed by atoms with Gasteiger partial charge in [-0.3, -0.25) is 4.90 Å². The minimum atomic E-state index is 0.430. The second-order valence-electron chi connectivity index (χ2n) is 5.47. The SMILES string of the molecule is C=CCN1C[C@H](Nc2ncnc3[nH]ccc23)CC[C@@H]1C. The molecule has 0 saturated carbocycles. The Bertz CT molecular complexity index is 591. The highest BCUT2D eigenvalue weighted by Gasteiger charge is 2.25. The van der Waals surface area contributed by atoms with E-state index in [2.05, 4.69) is 38.7 Å². The molecule has 106 valence electrons. The topological polar surface area (TPSA) is 56.8 Å². The Kier molecular flexibility index (Phi) is 3.69. The molecular weight excluding hydrogens is 250 g/mol. The summed E-state index contributed by atoms with van der Waals surface area (Å²) in [6.45, 7) is 8.11. The number of nitrogens with one attached hydrogen (secondary N) is 2. The first kappa shape index (κ1) is 13.1. The van der Waals surface area contributed by atoms with Crippen molar-refractivity contribution in [3.8, 4) is 0 Å². The standard InChI is InChI=1S/C15H21N5/c1-3-8-20-9-12(5-4-11(20)2)19-15-13-6-7-16-14(13)17-10-18-15/h3,6-7,10-12H,1,4-5,8-9H2,2H3,(H2,16,17,18,19)/t11-,12+/m0/s1. The van der Waals surface area contributed by atoms with Gasteiger partial charge in [0.1, 0.15) is 17.8 Å². The van der Waals surface area contributed by atoms with Crippen LogP contribution in [0.1, 0.15) is 19.8 Å². The molecule has 0 aromatic carbocycles.